The number of aliphatic hydroxyl groups excluding tert-OH is 1. The number of aliphatic hydroxyl groups is 1. The zero-order valence-electron chi connectivity index (χ0n) is 21.6. The van der Waals surface area contributed by atoms with Crippen LogP contribution >= 0.6 is 0 Å². The fourth-order valence-electron chi connectivity index (χ4n) is 6.30. The highest BCUT2D eigenvalue weighted by Crippen LogP contribution is 2.49. The number of nitrogens with one attached hydrogen (secondary N) is 1. The third kappa shape index (κ3) is 4.44. The van der Waals surface area contributed by atoms with Crippen molar-refractivity contribution in [3.8, 4) is 5.75 Å². The van der Waals surface area contributed by atoms with Crippen LogP contribution in [0.3, 0.4) is 0 Å². The minimum atomic E-state index is -0.434. The Morgan fingerprint density at radius 3 is 2.47 bits per heavy atom. The van der Waals surface area contributed by atoms with E-state index in [2.05, 4.69) is 32.0 Å². The summed E-state index contributed by atoms with van der Waals surface area (Å²) in [4.78, 5) is 30.5. The molecule has 8 nitrogen and oxygen atoms in total. The van der Waals surface area contributed by atoms with E-state index in [1.165, 1.54) is 5.56 Å². The van der Waals surface area contributed by atoms with Crippen molar-refractivity contribution in [2.75, 3.05) is 33.4 Å². The molecule has 0 radical (unpaired) electrons. The summed E-state index contributed by atoms with van der Waals surface area (Å²) in [5.74, 6) is 0.763. The lowest BCUT2D eigenvalue weighted by molar-refractivity contribution is -0.136. The van der Waals surface area contributed by atoms with Crippen LogP contribution < -0.4 is 4.74 Å². The summed E-state index contributed by atoms with van der Waals surface area (Å²) in [5.41, 5.74) is 4.75. The Morgan fingerprint density at radius 2 is 1.82 bits per heavy atom. The van der Waals surface area contributed by atoms with Crippen LogP contribution in [0.1, 0.15) is 41.5 Å². The first kappa shape index (κ1) is 24.6. The number of H-pyrrole nitrogens is 1. The average Bonchev–Trinajstić information content (AvgIpc) is 3.35. The number of rotatable bonds is 6. The van der Waals surface area contributed by atoms with Gasteiger partial charge >= 0.3 is 0 Å². The summed E-state index contributed by atoms with van der Waals surface area (Å²) >= 11 is 0. The number of pyridine rings is 2. The van der Waals surface area contributed by atoms with E-state index in [4.69, 9.17) is 4.74 Å². The van der Waals surface area contributed by atoms with Crippen LogP contribution in [-0.4, -0.2) is 69.1 Å². The molecule has 2 aliphatic heterocycles. The molecule has 5 heterocycles. The first-order valence-corrected chi connectivity index (χ1v) is 13.2. The summed E-state index contributed by atoms with van der Waals surface area (Å²) < 4.78 is 5.49. The Kier molecular flexibility index (Phi) is 6.59. The summed E-state index contributed by atoms with van der Waals surface area (Å²) in [5, 5.41) is 11.7. The molecule has 1 fully saturated rings. The molecule has 4 aromatic rings. The van der Waals surface area contributed by atoms with Gasteiger partial charge < -0.3 is 19.7 Å². The zero-order chi connectivity index (χ0) is 26.1. The first-order valence-electron chi connectivity index (χ1n) is 13.2. The number of aromatic nitrogens is 3. The van der Waals surface area contributed by atoms with Gasteiger partial charge in [0.25, 0.3) is 0 Å². The fraction of sp³-hybridized carbons (Fsp3) is 0.367. The van der Waals surface area contributed by atoms with Gasteiger partial charge in [0, 0.05) is 59.3 Å². The van der Waals surface area contributed by atoms with Crippen molar-refractivity contribution in [3.63, 3.8) is 0 Å². The number of benzene rings is 1. The van der Waals surface area contributed by atoms with E-state index < -0.39 is 6.04 Å². The number of hydrogen-bond acceptors (Lipinski definition) is 6. The fourth-order valence-corrected chi connectivity index (χ4v) is 6.30. The van der Waals surface area contributed by atoms with Gasteiger partial charge in [-0.3, -0.25) is 19.7 Å². The molecule has 196 valence electrons. The van der Waals surface area contributed by atoms with Gasteiger partial charge in [0.15, 0.2) is 0 Å². The summed E-state index contributed by atoms with van der Waals surface area (Å²) in [6, 6.07) is 17.4. The Bertz CT molecular complexity index is 1410. The normalized spacial score (nSPS) is 19.0. The summed E-state index contributed by atoms with van der Waals surface area (Å²) in [7, 11) is 1.66. The lowest BCUT2D eigenvalue weighted by Gasteiger charge is -2.50. The number of piperidine rings is 1. The van der Waals surface area contributed by atoms with Crippen LogP contribution in [0.25, 0.3) is 10.9 Å². The minimum Gasteiger partial charge on any atom is -0.497 e. The highest BCUT2D eigenvalue weighted by atomic mass is 16.5. The lowest BCUT2D eigenvalue weighted by atomic mass is 9.68. The van der Waals surface area contributed by atoms with Crippen LogP contribution in [-0.2, 0) is 23.2 Å². The number of carbonyl (C=O) groups excluding carboxylic acids is 1. The molecule has 8 heteroatoms. The van der Waals surface area contributed by atoms with Crippen LogP contribution in [0, 0.1) is 0 Å². The molecule has 2 N–H and O–H groups in total. The number of hydrogen-bond donors (Lipinski definition) is 2. The van der Waals surface area contributed by atoms with E-state index >= 15 is 0 Å². The van der Waals surface area contributed by atoms with Crippen LogP contribution in [0.2, 0.25) is 0 Å². The van der Waals surface area contributed by atoms with E-state index in [0.29, 0.717) is 6.54 Å². The van der Waals surface area contributed by atoms with Gasteiger partial charge in [-0.15, -0.1) is 0 Å². The Morgan fingerprint density at radius 1 is 1.08 bits per heavy atom. The quantitative estimate of drug-likeness (QED) is 0.411. The monoisotopic (exact) mass is 511 g/mol. The van der Waals surface area contributed by atoms with E-state index in [0.717, 1.165) is 66.2 Å². The van der Waals surface area contributed by atoms with E-state index in [1.54, 1.807) is 13.3 Å². The van der Waals surface area contributed by atoms with Gasteiger partial charge in [-0.2, -0.15) is 0 Å². The van der Waals surface area contributed by atoms with Crippen molar-refractivity contribution in [1.82, 2.24) is 24.8 Å². The molecular formula is C30H33N5O3. The summed E-state index contributed by atoms with van der Waals surface area (Å²) in [6.07, 6.45) is 5.59. The Hall–Kier alpha value is -3.75. The number of nitrogens with zero attached hydrogens (tertiary/aromatic N) is 4. The van der Waals surface area contributed by atoms with Crippen molar-refractivity contribution in [2.45, 2.75) is 37.3 Å². The second-order valence-electron chi connectivity index (χ2n) is 10.4. The molecule has 0 saturated carbocycles. The molecule has 38 heavy (non-hydrogen) atoms. The molecule has 6 rings (SSSR count). The number of aromatic amines is 1. The van der Waals surface area contributed by atoms with Crippen molar-refractivity contribution >= 4 is 16.8 Å². The molecule has 0 bridgehead atoms. The average molecular weight is 512 g/mol. The van der Waals surface area contributed by atoms with E-state index in [1.807, 2.05) is 53.6 Å². The van der Waals surface area contributed by atoms with Gasteiger partial charge in [0.2, 0.25) is 5.91 Å². The first-order chi connectivity index (χ1) is 18.6. The molecule has 1 saturated heterocycles. The second kappa shape index (κ2) is 10.2. The smallest absolute Gasteiger partial charge is 0.229 e. The zero-order valence-corrected chi connectivity index (χ0v) is 21.6. The summed E-state index contributed by atoms with van der Waals surface area (Å²) in [6.45, 7) is 3.06. The molecule has 1 amide bonds. The van der Waals surface area contributed by atoms with E-state index in [9.17, 15) is 9.90 Å². The molecule has 2 aliphatic rings. The van der Waals surface area contributed by atoms with Gasteiger partial charge in [-0.1, -0.05) is 12.1 Å². The van der Waals surface area contributed by atoms with Gasteiger partial charge in [0.1, 0.15) is 5.75 Å². The largest absolute Gasteiger partial charge is 0.497 e. The maximum absolute atomic E-state index is 13.7. The highest BCUT2D eigenvalue weighted by Gasteiger charge is 2.48. The molecule has 1 atom stereocenters. The Balaban J connectivity index is 1.37. The number of amides is 1. The number of ether oxygens (including phenoxy) is 1. The molecule has 0 aliphatic carbocycles. The van der Waals surface area contributed by atoms with Crippen molar-refractivity contribution < 1.29 is 14.6 Å². The molecule has 3 aromatic heterocycles. The number of likely N-dealkylation sites (tertiary alicyclic amines) is 1. The minimum absolute atomic E-state index is 0.0140. The number of methoxy groups -OCH3 is 1. The Labute approximate surface area is 222 Å². The van der Waals surface area contributed by atoms with Crippen molar-refractivity contribution in [3.05, 3.63) is 89.6 Å². The number of carbonyl (C=O) groups is 1. The molecule has 1 spiro atoms. The third-order valence-corrected chi connectivity index (χ3v) is 8.22. The SMILES string of the molecule is COc1ccc2c3c([nH]c2c1)[C@H](CO)N(C(=O)Cc1ccccn1)CC31CCN(Cc2ccccn2)CC1. The van der Waals surface area contributed by atoms with Gasteiger partial charge in [-0.25, -0.2) is 0 Å². The molecule has 1 aromatic carbocycles. The van der Waals surface area contributed by atoms with Crippen molar-refractivity contribution in [1.29, 1.82) is 0 Å². The second-order valence-corrected chi connectivity index (χ2v) is 10.4. The van der Waals surface area contributed by atoms with Crippen LogP contribution in [0.5, 0.6) is 5.75 Å². The third-order valence-electron chi connectivity index (χ3n) is 8.22. The maximum atomic E-state index is 13.7. The number of fused-ring (bicyclic) bond motifs is 4. The van der Waals surface area contributed by atoms with Crippen LogP contribution in [0.15, 0.2) is 67.0 Å². The predicted octanol–water partition coefficient (Wildman–Crippen LogP) is 3.62. The lowest BCUT2D eigenvalue weighted by Crippen LogP contribution is -2.55. The molecular weight excluding hydrogens is 478 g/mol. The van der Waals surface area contributed by atoms with Gasteiger partial charge in [-0.05, 0) is 67.9 Å². The highest BCUT2D eigenvalue weighted by molar-refractivity contribution is 5.89. The standard InChI is InChI=1S/C30H33N5O3/c1-38-23-8-9-24-25(17-23)33-29-26(19-36)35(27(37)16-21-6-2-4-12-31-21)20-30(28(24)29)10-14-34(15-11-30)18-22-7-3-5-13-32-22/h2-9,12-13,17,26,33,36H,10-11,14-16,18-20H2,1H3/t26-/m0/s1. The van der Waals surface area contributed by atoms with Crippen LogP contribution in [0.4, 0.5) is 0 Å². The predicted molar refractivity (Wildman–Crippen MR) is 145 cm³/mol. The maximum Gasteiger partial charge on any atom is 0.229 e. The van der Waals surface area contributed by atoms with Gasteiger partial charge in [0.05, 0.1) is 31.9 Å². The van der Waals surface area contributed by atoms with Crippen molar-refractivity contribution in [2.24, 2.45) is 0 Å². The van der Waals surface area contributed by atoms with E-state index in [-0.39, 0.29) is 24.3 Å². The molecule has 0 unspecified atom stereocenters. The topological polar surface area (TPSA) is 94.6 Å².